The smallest absolute Gasteiger partial charge is 0.256 e. The van der Waals surface area contributed by atoms with Crippen molar-refractivity contribution in [3.05, 3.63) is 44.2 Å². The van der Waals surface area contributed by atoms with Crippen LogP contribution in [0, 0.1) is 5.92 Å². The molecule has 4 nitrogen and oxygen atoms in total. The van der Waals surface area contributed by atoms with Crippen LogP contribution in [-0.4, -0.2) is 13.0 Å². The molecule has 0 spiro atoms. The Balaban J connectivity index is 1.65. The second-order valence-electron chi connectivity index (χ2n) is 6.67. The highest BCUT2D eigenvalue weighted by atomic mass is 79.9. The Morgan fingerprint density at radius 1 is 1.36 bits per heavy atom. The lowest BCUT2D eigenvalue weighted by molar-refractivity contribution is 0.0935. The molecular weight excluding hydrogens is 400 g/mol. The third kappa shape index (κ3) is 2.95. The van der Waals surface area contributed by atoms with Gasteiger partial charge in [-0.15, -0.1) is 11.3 Å². The Labute approximate surface area is 160 Å². The predicted octanol–water partition coefficient (Wildman–Crippen LogP) is 4.89. The maximum absolute atomic E-state index is 12.8. The average molecular weight is 421 g/mol. The SMILES string of the molecule is CC[C@@H]1CCc2c(sc3c2C(=O)N[C@H](c2ccc(OC)c(Br)c2)N3)C1. The van der Waals surface area contributed by atoms with E-state index in [1.807, 2.05) is 18.2 Å². The monoisotopic (exact) mass is 420 g/mol. The van der Waals surface area contributed by atoms with Crippen molar-refractivity contribution in [2.45, 2.75) is 38.8 Å². The van der Waals surface area contributed by atoms with Gasteiger partial charge in [0, 0.05) is 4.88 Å². The molecule has 2 atom stereocenters. The van der Waals surface area contributed by atoms with E-state index in [-0.39, 0.29) is 12.1 Å². The highest BCUT2D eigenvalue weighted by Crippen LogP contribution is 2.43. The van der Waals surface area contributed by atoms with Gasteiger partial charge in [0.2, 0.25) is 0 Å². The molecule has 2 aromatic rings. The van der Waals surface area contributed by atoms with Crippen LogP contribution in [0.1, 0.15) is 52.3 Å². The van der Waals surface area contributed by atoms with Gasteiger partial charge < -0.3 is 15.4 Å². The summed E-state index contributed by atoms with van der Waals surface area (Å²) in [6, 6.07) is 5.88. The lowest BCUT2D eigenvalue weighted by atomic mass is 9.85. The normalized spacial score (nSPS) is 21.8. The number of amides is 1. The van der Waals surface area contributed by atoms with E-state index in [1.165, 1.54) is 23.3 Å². The molecule has 4 rings (SSSR count). The molecule has 0 radical (unpaired) electrons. The summed E-state index contributed by atoms with van der Waals surface area (Å²) >= 11 is 5.28. The van der Waals surface area contributed by atoms with E-state index in [2.05, 4.69) is 33.5 Å². The van der Waals surface area contributed by atoms with Gasteiger partial charge in [0.25, 0.3) is 5.91 Å². The summed E-state index contributed by atoms with van der Waals surface area (Å²) < 4.78 is 6.17. The van der Waals surface area contributed by atoms with E-state index in [1.54, 1.807) is 18.4 Å². The summed E-state index contributed by atoms with van der Waals surface area (Å²) in [5.41, 5.74) is 3.15. The van der Waals surface area contributed by atoms with Crippen LogP contribution in [0.5, 0.6) is 5.75 Å². The molecule has 132 valence electrons. The zero-order valence-electron chi connectivity index (χ0n) is 14.3. The molecule has 0 unspecified atom stereocenters. The molecule has 2 heterocycles. The van der Waals surface area contributed by atoms with Crippen LogP contribution in [0.25, 0.3) is 0 Å². The minimum atomic E-state index is -0.218. The van der Waals surface area contributed by atoms with E-state index >= 15 is 0 Å². The summed E-state index contributed by atoms with van der Waals surface area (Å²) in [7, 11) is 1.65. The van der Waals surface area contributed by atoms with Gasteiger partial charge in [-0.05, 0) is 64.4 Å². The highest BCUT2D eigenvalue weighted by Gasteiger charge is 2.33. The quantitative estimate of drug-likeness (QED) is 0.742. The summed E-state index contributed by atoms with van der Waals surface area (Å²) in [6.07, 6.45) is 4.31. The molecule has 1 aromatic carbocycles. The number of hydrogen-bond acceptors (Lipinski definition) is 4. The topological polar surface area (TPSA) is 50.4 Å². The Hall–Kier alpha value is -1.53. The fourth-order valence-corrected chi connectivity index (χ4v) is 5.69. The van der Waals surface area contributed by atoms with Gasteiger partial charge >= 0.3 is 0 Å². The number of benzene rings is 1. The molecule has 6 heteroatoms. The lowest BCUT2D eigenvalue weighted by Gasteiger charge is -2.27. The number of methoxy groups -OCH3 is 1. The zero-order chi connectivity index (χ0) is 17.6. The largest absolute Gasteiger partial charge is 0.496 e. The number of rotatable bonds is 3. The molecule has 0 bridgehead atoms. The third-order valence-corrected chi connectivity index (χ3v) is 7.04. The van der Waals surface area contributed by atoms with E-state index in [0.717, 1.165) is 45.1 Å². The van der Waals surface area contributed by atoms with Crippen LogP contribution in [0.2, 0.25) is 0 Å². The third-order valence-electron chi connectivity index (χ3n) is 5.23. The Morgan fingerprint density at radius 3 is 2.92 bits per heavy atom. The molecule has 1 aromatic heterocycles. The second-order valence-corrected chi connectivity index (χ2v) is 8.63. The summed E-state index contributed by atoms with van der Waals surface area (Å²) in [5.74, 6) is 1.57. The van der Waals surface area contributed by atoms with Crippen LogP contribution in [0.4, 0.5) is 5.00 Å². The number of fused-ring (bicyclic) bond motifs is 3. The van der Waals surface area contributed by atoms with E-state index in [4.69, 9.17) is 4.74 Å². The van der Waals surface area contributed by atoms with Crippen molar-refractivity contribution in [3.8, 4) is 5.75 Å². The second kappa shape index (κ2) is 6.65. The fourth-order valence-electron chi connectivity index (χ4n) is 3.74. The van der Waals surface area contributed by atoms with Crippen molar-refractivity contribution >= 4 is 38.2 Å². The molecule has 2 aliphatic rings. The van der Waals surface area contributed by atoms with Gasteiger partial charge in [0.1, 0.15) is 16.9 Å². The summed E-state index contributed by atoms with van der Waals surface area (Å²) in [5, 5.41) is 7.65. The number of hydrogen-bond donors (Lipinski definition) is 2. The maximum atomic E-state index is 12.8. The van der Waals surface area contributed by atoms with E-state index < -0.39 is 0 Å². The van der Waals surface area contributed by atoms with Gasteiger partial charge in [-0.25, -0.2) is 0 Å². The van der Waals surface area contributed by atoms with Crippen molar-refractivity contribution in [2.75, 3.05) is 12.4 Å². The average Bonchev–Trinajstić information content (AvgIpc) is 2.99. The number of thiophene rings is 1. The van der Waals surface area contributed by atoms with Crippen molar-refractivity contribution in [3.63, 3.8) is 0 Å². The number of carbonyl (C=O) groups is 1. The molecule has 0 fully saturated rings. The molecular formula is C19H21BrN2O2S. The standard InChI is InChI=1S/C19H21BrN2O2S/c1-3-10-4-6-12-15(8-10)25-19-16(12)18(23)21-17(22-19)11-5-7-14(24-2)13(20)9-11/h5,7,9-10,17,22H,3-4,6,8H2,1-2H3,(H,21,23)/t10-,17+/m1/s1. The van der Waals surface area contributed by atoms with E-state index in [0.29, 0.717) is 0 Å². The predicted molar refractivity (Wildman–Crippen MR) is 105 cm³/mol. The molecule has 0 saturated heterocycles. The zero-order valence-corrected chi connectivity index (χ0v) is 16.7. The van der Waals surface area contributed by atoms with Crippen molar-refractivity contribution < 1.29 is 9.53 Å². The van der Waals surface area contributed by atoms with Crippen LogP contribution < -0.4 is 15.4 Å². The van der Waals surface area contributed by atoms with Gasteiger partial charge in [-0.2, -0.15) is 0 Å². The maximum Gasteiger partial charge on any atom is 0.256 e. The first-order valence-corrected chi connectivity index (χ1v) is 10.3. The van der Waals surface area contributed by atoms with Crippen molar-refractivity contribution in [1.29, 1.82) is 0 Å². The van der Waals surface area contributed by atoms with Crippen molar-refractivity contribution in [1.82, 2.24) is 5.32 Å². The van der Waals surface area contributed by atoms with Crippen LogP contribution in [-0.2, 0) is 12.8 Å². The first-order chi connectivity index (χ1) is 12.1. The molecule has 1 aliphatic heterocycles. The highest BCUT2D eigenvalue weighted by molar-refractivity contribution is 9.10. The molecule has 0 saturated carbocycles. The Kier molecular flexibility index (Phi) is 4.50. The van der Waals surface area contributed by atoms with Gasteiger partial charge in [0.05, 0.1) is 17.1 Å². The molecule has 1 amide bonds. The number of ether oxygens (including phenoxy) is 1. The number of nitrogens with one attached hydrogen (secondary N) is 2. The fraction of sp³-hybridized carbons (Fsp3) is 0.421. The first kappa shape index (κ1) is 16.9. The lowest BCUT2D eigenvalue weighted by Crippen LogP contribution is -2.38. The van der Waals surface area contributed by atoms with Gasteiger partial charge in [0.15, 0.2) is 0 Å². The van der Waals surface area contributed by atoms with Gasteiger partial charge in [-0.1, -0.05) is 19.4 Å². The minimum absolute atomic E-state index is 0.0399. The van der Waals surface area contributed by atoms with Crippen LogP contribution in [0.15, 0.2) is 22.7 Å². The van der Waals surface area contributed by atoms with Gasteiger partial charge in [-0.3, -0.25) is 4.79 Å². The molecule has 1 aliphatic carbocycles. The summed E-state index contributed by atoms with van der Waals surface area (Å²) in [6.45, 7) is 2.26. The molecule has 2 N–H and O–H groups in total. The number of halogens is 1. The number of anilines is 1. The van der Waals surface area contributed by atoms with Crippen LogP contribution >= 0.6 is 27.3 Å². The first-order valence-electron chi connectivity index (χ1n) is 8.66. The van der Waals surface area contributed by atoms with E-state index in [9.17, 15) is 4.79 Å². The Morgan fingerprint density at radius 2 is 2.20 bits per heavy atom. The summed E-state index contributed by atoms with van der Waals surface area (Å²) in [4.78, 5) is 14.2. The Bertz CT molecular complexity index is 833. The minimum Gasteiger partial charge on any atom is -0.496 e. The van der Waals surface area contributed by atoms with Crippen LogP contribution in [0.3, 0.4) is 0 Å². The number of carbonyl (C=O) groups excluding carboxylic acids is 1. The van der Waals surface area contributed by atoms with Crippen molar-refractivity contribution in [2.24, 2.45) is 5.92 Å². The molecule has 25 heavy (non-hydrogen) atoms.